The Kier molecular flexibility index (Phi) is 3.94. The van der Waals surface area contributed by atoms with E-state index in [1.807, 2.05) is 45.3 Å². The van der Waals surface area contributed by atoms with Gasteiger partial charge < -0.3 is 0 Å². The molecule has 8 aromatic rings. The Labute approximate surface area is 220 Å². The normalized spacial score (nSPS) is 16.4. The summed E-state index contributed by atoms with van der Waals surface area (Å²) in [5.41, 5.74) is 0. The van der Waals surface area contributed by atoms with E-state index in [1.54, 1.807) is 0 Å². The molecule has 1 aliphatic rings. The standard InChI is InChI=1S/C32H16S4/c1-5-13-21-17(9-1)25-26-18-10-2-6-14-22(18)34-30(26)32-28(20-12-4-8-16-24(20)36-32)27-19-11-3-7-15-23(19)35-31(27)29(25)33-21/h1-16H/b26-25-,28-27-,31-29-,32-30-. The number of hydrogen-bond acceptors (Lipinski definition) is 4. The first kappa shape index (κ1) is 19.9. The quantitative estimate of drug-likeness (QED) is 0.184. The van der Waals surface area contributed by atoms with Gasteiger partial charge in [-0.3, -0.25) is 0 Å². The average molecular weight is 529 g/mol. The topological polar surface area (TPSA) is 0 Å². The van der Waals surface area contributed by atoms with Crippen LogP contribution in [0.1, 0.15) is 0 Å². The van der Waals surface area contributed by atoms with E-state index in [9.17, 15) is 0 Å². The van der Waals surface area contributed by atoms with Crippen molar-refractivity contribution >= 4 is 85.7 Å². The minimum atomic E-state index is 1.36. The summed E-state index contributed by atoms with van der Waals surface area (Å²) in [5, 5.41) is 11.1. The molecule has 4 aromatic heterocycles. The summed E-state index contributed by atoms with van der Waals surface area (Å²) in [5.74, 6) is 0. The van der Waals surface area contributed by atoms with Crippen molar-refractivity contribution < 1.29 is 0 Å². The third-order valence-electron chi connectivity index (χ3n) is 7.29. The molecule has 4 heterocycles. The van der Waals surface area contributed by atoms with Crippen molar-refractivity contribution in [2.24, 2.45) is 0 Å². The molecule has 0 radical (unpaired) electrons. The van der Waals surface area contributed by atoms with Crippen molar-refractivity contribution in [3.05, 3.63) is 136 Å². The molecule has 0 amide bonds. The van der Waals surface area contributed by atoms with E-state index >= 15 is 0 Å². The van der Waals surface area contributed by atoms with E-state index in [0.29, 0.717) is 0 Å². The molecule has 0 aliphatic heterocycles. The van der Waals surface area contributed by atoms with E-state index in [2.05, 4.69) is 97.1 Å². The third kappa shape index (κ3) is 2.47. The van der Waals surface area contributed by atoms with E-state index in [1.165, 1.54) is 79.3 Å². The van der Waals surface area contributed by atoms with E-state index in [0.717, 1.165) is 0 Å². The molecular formula is C32H16S4. The average Bonchev–Trinajstić information content (AvgIpc) is 3.66. The monoisotopic (exact) mass is 528 g/mol. The summed E-state index contributed by atoms with van der Waals surface area (Å²) in [7, 11) is 0. The predicted octanol–water partition coefficient (Wildman–Crippen LogP) is 10.0. The highest BCUT2D eigenvalue weighted by Crippen LogP contribution is 2.38. The lowest BCUT2D eigenvalue weighted by Crippen LogP contribution is -1.80. The molecule has 0 nitrogen and oxygen atoms in total. The lowest BCUT2D eigenvalue weighted by atomic mass is 10.1. The van der Waals surface area contributed by atoms with E-state index in [-0.39, 0.29) is 0 Å². The molecule has 0 saturated heterocycles. The first-order valence-electron chi connectivity index (χ1n) is 11.9. The number of rotatable bonds is 0. The Morgan fingerprint density at radius 2 is 0.500 bits per heavy atom. The minimum absolute atomic E-state index is 1.36. The Hall–Kier alpha value is -3.28. The van der Waals surface area contributed by atoms with Gasteiger partial charge in [-0.15, -0.1) is 45.3 Å². The first-order valence-corrected chi connectivity index (χ1v) is 15.2. The van der Waals surface area contributed by atoms with Crippen LogP contribution in [0.15, 0.2) is 97.1 Å². The van der Waals surface area contributed by atoms with Crippen molar-refractivity contribution in [3.63, 3.8) is 0 Å². The summed E-state index contributed by atoms with van der Waals surface area (Å²) in [6.07, 6.45) is 0. The van der Waals surface area contributed by atoms with Gasteiger partial charge in [0.2, 0.25) is 0 Å². The van der Waals surface area contributed by atoms with Crippen LogP contribution >= 0.6 is 45.3 Å². The summed E-state index contributed by atoms with van der Waals surface area (Å²) in [4.78, 5) is 0. The van der Waals surface area contributed by atoms with Gasteiger partial charge in [-0.25, -0.2) is 0 Å². The van der Waals surface area contributed by atoms with Gasteiger partial charge in [0.1, 0.15) is 0 Å². The fraction of sp³-hybridized carbons (Fsp3) is 0. The van der Waals surface area contributed by atoms with Crippen molar-refractivity contribution in [3.8, 4) is 0 Å². The van der Waals surface area contributed by atoms with Gasteiger partial charge in [0.15, 0.2) is 0 Å². The zero-order valence-corrected chi connectivity index (χ0v) is 22.1. The zero-order chi connectivity index (χ0) is 23.4. The summed E-state index contributed by atoms with van der Waals surface area (Å²) < 4.78 is 11.1. The van der Waals surface area contributed by atoms with Gasteiger partial charge in [0, 0.05) is 61.2 Å². The maximum atomic E-state index is 2.32. The first-order chi connectivity index (χ1) is 17.9. The van der Waals surface area contributed by atoms with Crippen molar-refractivity contribution in [2.75, 3.05) is 0 Å². The van der Waals surface area contributed by atoms with Gasteiger partial charge in [0.05, 0.1) is 18.1 Å². The van der Waals surface area contributed by atoms with Crippen LogP contribution in [-0.4, -0.2) is 0 Å². The second kappa shape index (κ2) is 7.15. The summed E-state index contributed by atoms with van der Waals surface area (Å²) in [6, 6.07) is 35.9. The molecule has 36 heavy (non-hydrogen) atoms. The minimum Gasteiger partial charge on any atom is -0.134 e. The van der Waals surface area contributed by atoms with Crippen LogP contribution in [0.4, 0.5) is 0 Å². The van der Waals surface area contributed by atoms with Gasteiger partial charge in [-0.1, -0.05) is 72.8 Å². The van der Waals surface area contributed by atoms with Crippen molar-refractivity contribution in [2.45, 2.75) is 0 Å². The molecular weight excluding hydrogens is 513 g/mol. The fourth-order valence-electron chi connectivity index (χ4n) is 5.81. The van der Waals surface area contributed by atoms with Crippen LogP contribution in [0, 0.1) is 39.0 Å². The molecule has 0 spiro atoms. The van der Waals surface area contributed by atoms with Gasteiger partial charge in [0.25, 0.3) is 0 Å². The van der Waals surface area contributed by atoms with Crippen LogP contribution in [-0.2, 0) is 0 Å². The second-order valence-corrected chi connectivity index (χ2v) is 13.4. The highest BCUT2D eigenvalue weighted by atomic mass is 32.1. The van der Waals surface area contributed by atoms with Gasteiger partial charge in [-0.05, 0) is 24.3 Å². The molecule has 1 aliphatic carbocycles. The maximum Gasteiger partial charge on any atom is 0.0541 e. The molecule has 0 unspecified atom stereocenters. The largest absolute Gasteiger partial charge is 0.134 e. The maximum absolute atomic E-state index is 2.32. The molecule has 4 heteroatoms. The van der Waals surface area contributed by atoms with Crippen LogP contribution < -0.4 is 0 Å². The van der Waals surface area contributed by atoms with Crippen LogP contribution in [0.25, 0.3) is 40.3 Å². The van der Waals surface area contributed by atoms with E-state index < -0.39 is 0 Å². The Morgan fingerprint density at radius 3 is 0.750 bits per heavy atom. The molecule has 0 fully saturated rings. The lowest BCUT2D eigenvalue weighted by Gasteiger charge is -1.93. The van der Waals surface area contributed by atoms with Crippen LogP contribution in [0.5, 0.6) is 0 Å². The van der Waals surface area contributed by atoms with Crippen LogP contribution in [0.2, 0.25) is 0 Å². The number of benzene rings is 4. The highest BCUT2D eigenvalue weighted by Gasteiger charge is 2.15. The van der Waals surface area contributed by atoms with Crippen LogP contribution in [0.3, 0.4) is 0 Å². The molecule has 9 rings (SSSR count). The highest BCUT2D eigenvalue weighted by molar-refractivity contribution is 7.21. The van der Waals surface area contributed by atoms with Crippen molar-refractivity contribution in [1.82, 2.24) is 0 Å². The smallest absolute Gasteiger partial charge is 0.0541 e. The van der Waals surface area contributed by atoms with Gasteiger partial charge >= 0.3 is 0 Å². The predicted molar refractivity (Wildman–Crippen MR) is 158 cm³/mol. The Bertz CT molecular complexity index is 2230. The number of hydrogen-bond donors (Lipinski definition) is 0. The van der Waals surface area contributed by atoms with Crippen molar-refractivity contribution in [1.29, 1.82) is 0 Å². The SMILES string of the molecule is c1ccc2c3/c(sc2c1)=c1/sc2ccccc2/c1=c1/c(sc2ccccc12)=c1/sc2ccccc2/c1=3. The zero-order valence-electron chi connectivity index (χ0n) is 18.9. The lowest BCUT2D eigenvalue weighted by molar-refractivity contribution is 1.50. The molecule has 0 saturated carbocycles. The summed E-state index contributed by atoms with van der Waals surface area (Å²) >= 11 is 7.83. The van der Waals surface area contributed by atoms with Gasteiger partial charge in [-0.2, -0.15) is 0 Å². The van der Waals surface area contributed by atoms with E-state index in [4.69, 9.17) is 0 Å². The molecule has 0 atom stereocenters. The molecule has 4 aromatic carbocycles. The molecule has 168 valence electrons. The second-order valence-electron chi connectivity index (χ2n) is 9.21. The summed E-state index contributed by atoms with van der Waals surface area (Å²) in [6.45, 7) is 0. The Morgan fingerprint density at radius 1 is 0.278 bits per heavy atom. The molecule has 0 N–H and O–H groups in total. The number of fused-ring (bicyclic) bond motifs is 12. The molecule has 0 bridgehead atoms. The Balaban J connectivity index is 1.90. The third-order valence-corrected chi connectivity index (χ3v) is 12.3. The fourth-order valence-corrected chi connectivity index (χ4v) is 10.9. The number of thiophene rings is 4.